The second kappa shape index (κ2) is 9.40. The van der Waals surface area contributed by atoms with Gasteiger partial charge in [-0.2, -0.15) is 11.8 Å². The number of hydrogen-bond acceptors (Lipinski definition) is 1. The molecule has 0 bridgehead atoms. The van der Waals surface area contributed by atoms with E-state index in [1.807, 2.05) is 11.8 Å². The molecule has 0 rings (SSSR count). The standard InChI is InChI=1S/C10H24Cl2SSi2/c1-14(2)9(11)5-7-13-8-6-10(12)15(3)4/h9-10,14-15H,5-8H2,1-4H3. The van der Waals surface area contributed by atoms with Crippen molar-refractivity contribution in [2.24, 2.45) is 0 Å². The Kier molecular flexibility index (Phi) is 10.3. The van der Waals surface area contributed by atoms with Gasteiger partial charge in [0.15, 0.2) is 0 Å². The number of halogens is 2. The molecule has 0 aliphatic rings. The van der Waals surface area contributed by atoms with Gasteiger partial charge in [0.1, 0.15) is 0 Å². The van der Waals surface area contributed by atoms with E-state index in [9.17, 15) is 0 Å². The van der Waals surface area contributed by atoms with Crippen molar-refractivity contribution in [3.8, 4) is 0 Å². The van der Waals surface area contributed by atoms with Gasteiger partial charge in [-0.3, -0.25) is 0 Å². The second-order valence-electron chi connectivity index (χ2n) is 4.71. The van der Waals surface area contributed by atoms with Gasteiger partial charge in [-0.1, -0.05) is 26.2 Å². The summed E-state index contributed by atoms with van der Waals surface area (Å²) in [6.45, 7) is 9.28. The van der Waals surface area contributed by atoms with Gasteiger partial charge >= 0.3 is 0 Å². The zero-order valence-electron chi connectivity index (χ0n) is 10.3. The third-order valence-electron chi connectivity index (χ3n) is 2.52. The summed E-state index contributed by atoms with van der Waals surface area (Å²) < 4.78 is 0. The molecule has 0 fully saturated rings. The average Bonchev–Trinajstić information content (AvgIpc) is 2.16. The van der Waals surface area contributed by atoms with Crippen LogP contribution in [0, 0.1) is 0 Å². The van der Waals surface area contributed by atoms with Gasteiger partial charge < -0.3 is 0 Å². The summed E-state index contributed by atoms with van der Waals surface area (Å²) in [5.74, 6) is 2.42. The Morgan fingerprint density at radius 1 is 0.867 bits per heavy atom. The molecule has 2 atom stereocenters. The molecule has 0 aliphatic carbocycles. The van der Waals surface area contributed by atoms with E-state index in [4.69, 9.17) is 23.2 Å². The molecule has 15 heavy (non-hydrogen) atoms. The molecule has 0 aromatic carbocycles. The second-order valence-corrected chi connectivity index (χ2v) is 14.5. The third kappa shape index (κ3) is 9.10. The number of rotatable bonds is 8. The molecule has 0 saturated heterocycles. The monoisotopic (exact) mass is 302 g/mol. The van der Waals surface area contributed by atoms with Crippen LogP contribution in [0.1, 0.15) is 12.8 Å². The first kappa shape index (κ1) is 16.4. The quantitative estimate of drug-likeness (QED) is 0.374. The van der Waals surface area contributed by atoms with Crippen molar-refractivity contribution in [3.05, 3.63) is 0 Å². The van der Waals surface area contributed by atoms with Gasteiger partial charge in [-0.25, -0.2) is 0 Å². The van der Waals surface area contributed by atoms with Crippen LogP contribution in [-0.4, -0.2) is 39.1 Å². The highest BCUT2D eigenvalue weighted by molar-refractivity contribution is 7.99. The van der Waals surface area contributed by atoms with Gasteiger partial charge in [0.05, 0.1) is 17.6 Å². The zero-order valence-corrected chi connectivity index (χ0v) is 14.9. The first-order chi connectivity index (χ1) is 6.95. The summed E-state index contributed by atoms with van der Waals surface area (Å²) in [5, 5.41) is 0.951. The molecule has 0 spiro atoms. The first-order valence-electron chi connectivity index (χ1n) is 5.81. The van der Waals surface area contributed by atoms with Gasteiger partial charge in [0, 0.05) is 10.0 Å². The fourth-order valence-electron chi connectivity index (χ4n) is 1.16. The van der Waals surface area contributed by atoms with Crippen LogP contribution in [-0.2, 0) is 0 Å². The SMILES string of the molecule is C[SiH](C)C(Cl)CCSCCC(Cl)[SiH](C)C. The van der Waals surface area contributed by atoms with E-state index in [1.165, 1.54) is 24.3 Å². The van der Waals surface area contributed by atoms with Crippen molar-refractivity contribution < 1.29 is 0 Å². The van der Waals surface area contributed by atoms with Crippen molar-refractivity contribution in [1.29, 1.82) is 0 Å². The minimum absolute atomic E-state index is 0.476. The van der Waals surface area contributed by atoms with E-state index >= 15 is 0 Å². The summed E-state index contributed by atoms with van der Waals surface area (Å²) >= 11 is 14.5. The summed E-state index contributed by atoms with van der Waals surface area (Å²) in [4.78, 5) is 0. The van der Waals surface area contributed by atoms with E-state index in [1.54, 1.807) is 0 Å². The van der Waals surface area contributed by atoms with E-state index in [0.717, 1.165) is 0 Å². The van der Waals surface area contributed by atoms with E-state index in [2.05, 4.69) is 26.2 Å². The maximum atomic E-state index is 6.24. The average molecular weight is 303 g/mol. The molecule has 0 saturated carbocycles. The van der Waals surface area contributed by atoms with Gasteiger partial charge in [0.25, 0.3) is 0 Å². The Morgan fingerprint density at radius 2 is 1.20 bits per heavy atom. The minimum atomic E-state index is -0.619. The van der Waals surface area contributed by atoms with E-state index < -0.39 is 17.6 Å². The lowest BCUT2D eigenvalue weighted by molar-refractivity contribution is 1.01. The largest absolute Gasteiger partial charge is 0.162 e. The van der Waals surface area contributed by atoms with Crippen LogP contribution < -0.4 is 0 Å². The topological polar surface area (TPSA) is 0 Å². The number of alkyl halides is 2. The highest BCUT2D eigenvalue weighted by atomic mass is 35.5. The molecular formula is C10H24Cl2SSi2. The zero-order chi connectivity index (χ0) is 11.8. The van der Waals surface area contributed by atoms with Crippen molar-refractivity contribution in [2.75, 3.05) is 11.5 Å². The molecule has 0 radical (unpaired) electrons. The summed E-state index contributed by atoms with van der Waals surface area (Å²) in [5.41, 5.74) is 0. The molecule has 0 heterocycles. The summed E-state index contributed by atoms with van der Waals surface area (Å²) in [6.07, 6.45) is 2.37. The maximum Gasteiger partial charge on any atom is 0.0519 e. The Hall–Kier alpha value is 1.36. The van der Waals surface area contributed by atoms with Gasteiger partial charge in [0.2, 0.25) is 0 Å². The predicted molar refractivity (Wildman–Crippen MR) is 83.6 cm³/mol. The van der Waals surface area contributed by atoms with Crippen LogP contribution in [0.15, 0.2) is 0 Å². The molecule has 0 amide bonds. The van der Waals surface area contributed by atoms with Crippen LogP contribution in [0.25, 0.3) is 0 Å². The molecule has 0 aromatic heterocycles. The Balaban J connectivity index is 3.32. The lowest BCUT2D eigenvalue weighted by atomic mass is 10.5. The van der Waals surface area contributed by atoms with Crippen molar-refractivity contribution in [1.82, 2.24) is 0 Å². The lowest BCUT2D eigenvalue weighted by Crippen LogP contribution is -2.20. The fourth-order valence-corrected chi connectivity index (χ4v) is 4.83. The maximum absolute atomic E-state index is 6.24. The van der Waals surface area contributed by atoms with Crippen molar-refractivity contribution in [2.45, 2.75) is 49.0 Å². The molecule has 5 heteroatoms. The van der Waals surface area contributed by atoms with Crippen molar-refractivity contribution in [3.63, 3.8) is 0 Å². The normalized spacial score (nSPS) is 16.0. The molecule has 92 valence electrons. The van der Waals surface area contributed by atoms with Crippen molar-refractivity contribution >= 4 is 52.6 Å². The summed E-state index contributed by atoms with van der Waals surface area (Å²) in [6, 6.07) is 0. The minimum Gasteiger partial charge on any atom is -0.162 e. The van der Waals surface area contributed by atoms with Gasteiger partial charge in [-0.05, 0) is 24.3 Å². The first-order valence-corrected chi connectivity index (χ1v) is 13.8. The summed E-state index contributed by atoms with van der Waals surface area (Å²) in [7, 11) is -1.24. The van der Waals surface area contributed by atoms with Gasteiger partial charge in [-0.15, -0.1) is 23.2 Å². The molecule has 2 unspecified atom stereocenters. The third-order valence-corrected chi connectivity index (χ3v) is 10.6. The van der Waals surface area contributed by atoms with E-state index in [-0.39, 0.29) is 0 Å². The van der Waals surface area contributed by atoms with Crippen LogP contribution >= 0.6 is 35.0 Å². The van der Waals surface area contributed by atoms with Crippen LogP contribution in [0.4, 0.5) is 0 Å². The highest BCUT2D eigenvalue weighted by Gasteiger charge is 2.12. The number of thioether (sulfide) groups is 1. The van der Waals surface area contributed by atoms with E-state index in [0.29, 0.717) is 10.0 Å². The molecule has 0 nitrogen and oxygen atoms in total. The fraction of sp³-hybridized carbons (Fsp3) is 1.00. The Bertz CT molecular complexity index is 140. The van der Waals surface area contributed by atoms with Crippen LogP contribution in [0.2, 0.25) is 26.2 Å². The Morgan fingerprint density at radius 3 is 1.47 bits per heavy atom. The predicted octanol–water partition coefficient (Wildman–Crippen LogP) is 3.77. The Labute approximate surface area is 113 Å². The molecule has 0 aliphatic heterocycles. The highest BCUT2D eigenvalue weighted by Crippen LogP contribution is 2.15. The number of hydrogen-bond donors (Lipinski definition) is 0. The smallest absolute Gasteiger partial charge is 0.0519 e. The molecular weight excluding hydrogens is 279 g/mol. The van der Waals surface area contributed by atoms with Crippen LogP contribution in [0.5, 0.6) is 0 Å². The lowest BCUT2D eigenvalue weighted by Gasteiger charge is -2.13. The van der Waals surface area contributed by atoms with Crippen LogP contribution in [0.3, 0.4) is 0 Å². The molecule has 0 aromatic rings. The molecule has 0 N–H and O–H groups in total.